The highest BCUT2D eigenvalue weighted by Crippen LogP contribution is 2.34. The van der Waals surface area contributed by atoms with Crippen LogP contribution in [0.4, 0.5) is 10.5 Å². The van der Waals surface area contributed by atoms with Crippen LogP contribution in [-0.2, 0) is 15.1 Å². The summed E-state index contributed by atoms with van der Waals surface area (Å²) < 4.78 is 0. The molecule has 0 radical (unpaired) electrons. The zero-order chi connectivity index (χ0) is 20.4. The molecule has 4 rings (SSSR count). The van der Waals surface area contributed by atoms with Crippen molar-refractivity contribution in [2.24, 2.45) is 0 Å². The highest BCUT2D eigenvalue weighted by Gasteiger charge is 2.52. The first-order valence-corrected chi connectivity index (χ1v) is 10.5. The van der Waals surface area contributed by atoms with Crippen LogP contribution in [0.15, 0.2) is 59.5 Å². The van der Waals surface area contributed by atoms with Gasteiger partial charge < -0.3 is 10.2 Å². The third-order valence-corrected chi connectivity index (χ3v) is 6.33. The molecular formula is C21H22N4O3S. The number of fused-ring (bicyclic) bond motifs is 1. The lowest BCUT2D eigenvalue weighted by molar-refractivity contribution is -0.139. The van der Waals surface area contributed by atoms with Crippen LogP contribution in [0.25, 0.3) is 0 Å². The molecule has 2 aliphatic heterocycles. The molecule has 150 valence electrons. The summed E-state index contributed by atoms with van der Waals surface area (Å²) in [4.78, 5) is 41.4. The van der Waals surface area contributed by atoms with Crippen LogP contribution in [0, 0.1) is 0 Å². The first-order chi connectivity index (χ1) is 14.0. The molecule has 0 aliphatic carbocycles. The monoisotopic (exact) mass is 410 g/mol. The van der Waals surface area contributed by atoms with Gasteiger partial charge in [0.15, 0.2) is 0 Å². The molecule has 2 aromatic carbocycles. The standard InChI is InChI=1S/C21H22N4O3S/c1-2-21(15-8-4-3-5-9-15)19(27)25(20(28)22-21)23-18(26)14-24-12-13-29-17-11-7-6-10-16(17)24/h3-11H,2,12-14H2,1H3,(H,22,28)(H,23,26)/t21-/m0/s1. The molecule has 1 fully saturated rings. The van der Waals surface area contributed by atoms with E-state index in [0.29, 0.717) is 12.0 Å². The van der Waals surface area contributed by atoms with E-state index in [1.807, 2.05) is 54.3 Å². The lowest BCUT2D eigenvalue weighted by atomic mass is 9.87. The minimum absolute atomic E-state index is 0.0685. The molecule has 0 spiro atoms. The van der Waals surface area contributed by atoms with Crippen LogP contribution in [-0.4, -0.2) is 41.7 Å². The summed E-state index contributed by atoms with van der Waals surface area (Å²) in [6.45, 7) is 2.62. The second-order valence-corrected chi connectivity index (χ2v) is 8.11. The SMILES string of the molecule is CC[C@@]1(c2ccccc2)NC(=O)N(NC(=O)CN2CCSc3ccccc32)C1=O. The number of rotatable bonds is 5. The van der Waals surface area contributed by atoms with Crippen molar-refractivity contribution in [1.29, 1.82) is 0 Å². The van der Waals surface area contributed by atoms with Crippen molar-refractivity contribution in [1.82, 2.24) is 15.8 Å². The fraction of sp³-hybridized carbons (Fsp3) is 0.286. The van der Waals surface area contributed by atoms with Gasteiger partial charge in [-0.1, -0.05) is 49.4 Å². The van der Waals surface area contributed by atoms with Gasteiger partial charge in [0.25, 0.3) is 11.8 Å². The van der Waals surface area contributed by atoms with Gasteiger partial charge in [0.1, 0.15) is 5.54 Å². The quantitative estimate of drug-likeness (QED) is 0.740. The molecule has 8 heteroatoms. The van der Waals surface area contributed by atoms with Crippen LogP contribution < -0.4 is 15.6 Å². The van der Waals surface area contributed by atoms with Gasteiger partial charge in [-0.2, -0.15) is 5.01 Å². The molecule has 4 amide bonds. The molecular weight excluding hydrogens is 388 g/mol. The average molecular weight is 410 g/mol. The van der Waals surface area contributed by atoms with Gasteiger partial charge in [-0.15, -0.1) is 11.8 Å². The highest BCUT2D eigenvalue weighted by atomic mass is 32.2. The van der Waals surface area contributed by atoms with E-state index in [1.165, 1.54) is 0 Å². The summed E-state index contributed by atoms with van der Waals surface area (Å²) in [5.41, 5.74) is 3.02. The van der Waals surface area contributed by atoms with Gasteiger partial charge in [0.2, 0.25) is 0 Å². The first-order valence-electron chi connectivity index (χ1n) is 9.53. The number of para-hydroxylation sites is 1. The fourth-order valence-electron chi connectivity index (χ4n) is 3.76. The number of imide groups is 1. The number of hydrogen-bond acceptors (Lipinski definition) is 5. The van der Waals surface area contributed by atoms with Crippen molar-refractivity contribution >= 4 is 35.3 Å². The number of thioether (sulfide) groups is 1. The number of amides is 4. The second kappa shape index (κ2) is 7.79. The van der Waals surface area contributed by atoms with Crippen LogP contribution in [0.2, 0.25) is 0 Å². The Hall–Kier alpha value is -3.00. The largest absolute Gasteiger partial charge is 0.360 e. The number of carbonyl (C=O) groups is 3. The smallest absolute Gasteiger partial charge is 0.344 e. The van der Waals surface area contributed by atoms with Crippen molar-refractivity contribution in [3.63, 3.8) is 0 Å². The van der Waals surface area contributed by atoms with E-state index in [2.05, 4.69) is 10.7 Å². The predicted octanol–water partition coefficient (Wildman–Crippen LogP) is 2.49. The summed E-state index contributed by atoms with van der Waals surface area (Å²) in [6, 6.07) is 16.4. The maximum atomic E-state index is 13.1. The zero-order valence-electron chi connectivity index (χ0n) is 16.1. The molecule has 1 saturated heterocycles. The Morgan fingerprint density at radius 2 is 1.86 bits per heavy atom. The van der Waals surface area contributed by atoms with E-state index >= 15 is 0 Å². The van der Waals surface area contributed by atoms with E-state index in [-0.39, 0.29) is 6.54 Å². The fourth-order valence-corrected chi connectivity index (χ4v) is 4.81. The van der Waals surface area contributed by atoms with E-state index in [0.717, 1.165) is 27.9 Å². The normalized spacial score (nSPS) is 21.0. The maximum Gasteiger partial charge on any atom is 0.344 e. The molecule has 7 nitrogen and oxygen atoms in total. The Morgan fingerprint density at radius 1 is 1.14 bits per heavy atom. The Balaban J connectivity index is 1.49. The number of benzene rings is 2. The number of nitrogens with one attached hydrogen (secondary N) is 2. The summed E-state index contributed by atoms with van der Waals surface area (Å²) in [5.74, 6) is -0.00489. The number of urea groups is 1. The Morgan fingerprint density at radius 3 is 2.62 bits per heavy atom. The molecule has 2 aromatic rings. The third kappa shape index (κ3) is 3.44. The molecule has 2 aliphatic rings. The molecule has 0 unspecified atom stereocenters. The minimum Gasteiger partial charge on any atom is -0.360 e. The first kappa shape index (κ1) is 19.3. The predicted molar refractivity (Wildman–Crippen MR) is 111 cm³/mol. The van der Waals surface area contributed by atoms with Crippen molar-refractivity contribution in [3.8, 4) is 0 Å². The van der Waals surface area contributed by atoms with E-state index < -0.39 is 23.4 Å². The van der Waals surface area contributed by atoms with Crippen molar-refractivity contribution in [3.05, 3.63) is 60.2 Å². The summed E-state index contributed by atoms with van der Waals surface area (Å²) >= 11 is 1.75. The highest BCUT2D eigenvalue weighted by molar-refractivity contribution is 7.99. The Bertz CT molecular complexity index is 952. The second-order valence-electron chi connectivity index (χ2n) is 6.97. The van der Waals surface area contributed by atoms with Crippen LogP contribution in [0.3, 0.4) is 0 Å². The van der Waals surface area contributed by atoms with E-state index in [9.17, 15) is 14.4 Å². The summed E-state index contributed by atoms with van der Waals surface area (Å²) in [6.07, 6.45) is 0.380. The molecule has 2 N–H and O–H groups in total. The van der Waals surface area contributed by atoms with Gasteiger partial charge >= 0.3 is 6.03 Å². The number of carbonyl (C=O) groups excluding carboxylic acids is 3. The molecule has 0 saturated carbocycles. The number of anilines is 1. The average Bonchev–Trinajstić information content (AvgIpc) is 3.00. The van der Waals surface area contributed by atoms with E-state index in [4.69, 9.17) is 0 Å². The lowest BCUT2D eigenvalue weighted by Crippen LogP contribution is -2.51. The molecule has 0 aromatic heterocycles. The minimum atomic E-state index is -1.17. The summed E-state index contributed by atoms with van der Waals surface area (Å²) in [7, 11) is 0. The maximum absolute atomic E-state index is 13.1. The Labute approximate surface area is 173 Å². The zero-order valence-corrected chi connectivity index (χ0v) is 16.9. The molecule has 29 heavy (non-hydrogen) atoms. The molecule has 2 heterocycles. The van der Waals surface area contributed by atoms with Crippen molar-refractivity contribution < 1.29 is 14.4 Å². The Kier molecular flexibility index (Phi) is 5.19. The van der Waals surface area contributed by atoms with Crippen LogP contribution in [0.1, 0.15) is 18.9 Å². The summed E-state index contributed by atoms with van der Waals surface area (Å²) in [5, 5.41) is 3.57. The van der Waals surface area contributed by atoms with Gasteiger partial charge in [-0.25, -0.2) is 4.79 Å². The number of hydrogen-bond donors (Lipinski definition) is 2. The molecule has 0 bridgehead atoms. The van der Waals surface area contributed by atoms with Gasteiger partial charge in [-0.05, 0) is 24.1 Å². The van der Waals surface area contributed by atoms with Gasteiger partial charge in [0.05, 0.1) is 12.2 Å². The van der Waals surface area contributed by atoms with Crippen LogP contribution >= 0.6 is 11.8 Å². The topological polar surface area (TPSA) is 81.8 Å². The van der Waals surface area contributed by atoms with Gasteiger partial charge in [0, 0.05) is 17.2 Å². The van der Waals surface area contributed by atoms with Crippen LogP contribution in [0.5, 0.6) is 0 Å². The van der Waals surface area contributed by atoms with E-state index in [1.54, 1.807) is 23.9 Å². The van der Waals surface area contributed by atoms with Crippen molar-refractivity contribution in [2.75, 3.05) is 23.7 Å². The van der Waals surface area contributed by atoms with Crippen molar-refractivity contribution in [2.45, 2.75) is 23.8 Å². The van der Waals surface area contributed by atoms with Gasteiger partial charge in [-0.3, -0.25) is 15.0 Å². The third-order valence-electron chi connectivity index (χ3n) is 5.28. The lowest BCUT2D eigenvalue weighted by Gasteiger charge is -2.30. The number of hydrazine groups is 1. The molecule has 1 atom stereocenters. The number of nitrogens with zero attached hydrogens (tertiary/aromatic N) is 2.